The van der Waals surface area contributed by atoms with Gasteiger partial charge in [-0.2, -0.15) is 0 Å². The van der Waals surface area contributed by atoms with Crippen LogP contribution in [0.3, 0.4) is 0 Å². The Hall–Kier alpha value is -0.570. The number of rotatable bonds is 6. The van der Waals surface area contributed by atoms with Gasteiger partial charge in [-0.15, -0.1) is 0 Å². The van der Waals surface area contributed by atoms with Crippen LogP contribution in [-0.2, 0) is 4.79 Å². The van der Waals surface area contributed by atoms with Crippen LogP contribution < -0.4 is 5.32 Å². The zero-order valence-corrected chi connectivity index (χ0v) is 7.63. The van der Waals surface area contributed by atoms with Crippen molar-refractivity contribution in [3.63, 3.8) is 0 Å². The number of nitrogens with zero attached hydrogens (tertiary/aromatic N) is 1. The molecule has 0 aromatic heterocycles. The van der Waals surface area contributed by atoms with Crippen molar-refractivity contribution in [3.8, 4) is 0 Å². The van der Waals surface area contributed by atoms with Gasteiger partial charge in [0.15, 0.2) is 0 Å². The molecule has 0 aromatic rings. The third kappa shape index (κ3) is 4.79. The second-order valence-electron chi connectivity index (χ2n) is 2.67. The van der Waals surface area contributed by atoms with E-state index in [0.717, 1.165) is 26.0 Å². The quantitative estimate of drug-likeness (QED) is 0.570. The summed E-state index contributed by atoms with van der Waals surface area (Å²) < 4.78 is 0. The van der Waals surface area contributed by atoms with Gasteiger partial charge in [-0.3, -0.25) is 4.79 Å². The van der Waals surface area contributed by atoms with Crippen molar-refractivity contribution in [2.75, 3.05) is 19.6 Å². The molecule has 0 aliphatic carbocycles. The second kappa shape index (κ2) is 6.16. The first-order chi connectivity index (χ1) is 5.24. The third-order valence-electron chi connectivity index (χ3n) is 1.78. The van der Waals surface area contributed by atoms with Crippen LogP contribution >= 0.6 is 0 Å². The smallest absolute Gasteiger partial charge is 0.207 e. The summed E-state index contributed by atoms with van der Waals surface area (Å²) in [4.78, 5) is 12.3. The molecular weight excluding hydrogens is 140 g/mol. The maximum Gasteiger partial charge on any atom is 0.207 e. The minimum absolute atomic E-state index is 0.257. The number of carbonyl (C=O) groups excluding carboxylic acids is 1. The van der Waals surface area contributed by atoms with Crippen LogP contribution in [0, 0.1) is 0 Å². The first kappa shape index (κ1) is 10.4. The highest BCUT2D eigenvalue weighted by molar-refractivity contribution is 5.46. The van der Waals surface area contributed by atoms with E-state index in [1.54, 1.807) is 0 Å². The van der Waals surface area contributed by atoms with Crippen LogP contribution in [0.25, 0.3) is 0 Å². The molecule has 0 saturated heterocycles. The summed E-state index contributed by atoms with van der Waals surface area (Å²) in [5, 5.41) is 2.72. The van der Waals surface area contributed by atoms with Crippen molar-refractivity contribution in [2.24, 2.45) is 0 Å². The number of hydrogen-bond acceptors (Lipinski definition) is 2. The molecule has 3 nitrogen and oxygen atoms in total. The normalized spacial score (nSPS) is 13.1. The van der Waals surface area contributed by atoms with E-state index < -0.39 is 0 Å². The molecule has 0 rings (SSSR count). The van der Waals surface area contributed by atoms with E-state index in [0.29, 0.717) is 0 Å². The van der Waals surface area contributed by atoms with Crippen molar-refractivity contribution in [1.29, 1.82) is 0 Å². The number of carbonyl (C=O) groups is 1. The molecule has 1 amide bonds. The van der Waals surface area contributed by atoms with Crippen LogP contribution in [0.5, 0.6) is 0 Å². The van der Waals surface area contributed by atoms with Crippen molar-refractivity contribution in [3.05, 3.63) is 0 Å². The maximum absolute atomic E-state index is 10.0. The number of nitrogens with one attached hydrogen (secondary N) is 1. The SMILES string of the molecule is CCN(CC)CC(C)NC=O. The van der Waals surface area contributed by atoms with Gasteiger partial charge < -0.3 is 10.2 Å². The van der Waals surface area contributed by atoms with Crippen LogP contribution in [-0.4, -0.2) is 37.0 Å². The number of likely N-dealkylation sites (N-methyl/N-ethyl adjacent to an activating group) is 1. The van der Waals surface area contributed by atoms with Crippen LogP contribution in [0.4, 0.5) is 0 Å². The average molecular weight is 158 g/mol. The van der Waals surface area contributed by atoms with E-state index >= 15 is 0 Å². The fourth-order valence-electron chi connectivity index (χ4n) is 1.04. The van der Waals surface area contributed by atoms with Gasteiger partial charge in [0.2, 0.25) is 6.41 Å². The fraction of sp³-hybridized carbons (Fsp3) is 0.875. The summed E-state index contributed by atoms with van der Waals surface area (Å²) >= 11 is 0. The molecule has 0 radical (unpaired) electrons. The van der Waals surface area contributed by atoms with E-state index in [2.05, 4.69) is 24.1 Å². The lowest BCUT2D eigenvalue weighted by atomic mass is 10.3. The lowest BCUT2D eigenvalue weighted by molar-refractivity contribution is -0.110. The second-order valence-corrected chi connectivity index (χ2v) is 2.67. The molecule has 1 unspecified atom stereocenters. The highest BCUT2D eigenvalue weighted by atomic mass is 16.1. The summed E-state index contributed by atoms with van der Waals surface area (Å²) in [6.45, 7) is 9.27. The van der Waals surface area contributed by atoms with Gasteiger partial charge in [-0.1, -0.05) is 13.8 Å². The standard InChI is InChI=1S/C8H18N2O/c1-4-10(5-2)6-8(3)9-7-11/h7-8H,4-6H2,1-3H3,(H,9,11). The summed E-state index contributed by atoms with van der Waals surface area (Å²) in [7, 11) is 0. The Labute approximate surface area is 68.8 Å². The van der Waals surface area contributed by atoms with Gasteiger partial charge in [0.1, 0.15) is 0 Å². The topological polar surface area (TPSA) is 32.3 Å². The Balaban J connectivity index is 3.52. The largest absolute Gasteiger partial charge is 0.355 e. The molecule has 0 aliphatic heterocycles. The van der Waals surface area contributed by atoms with Crippen molar-refractivity contribution in [2.45, 2.75) is 26.8 Å². The van der Waals surface area contributed by atoms with Gasteiger partial charge in [-0.25, -0.2) is 0 Å². The maximum atomic E-state index is 10.0. The molecule has 0 heterocycles. The van der Waals surface area contributed by atoms with Crippen molar-refractivity contribution >= 4 is 6.41 Å². The van der Waals surface area contributed by atoms with E-state index in [9.17, 15) is 4.79 Å². The monoisotopic (exact) mass is 158 g/mol. The Morgan fingerprint density at radius 2 is 2.00 bits per heavy atom. The molecule has 0 spiro atoms. The molecule has 1 N–H and O–H groups in total. The molecule has 0 saturated carbocycles. The lowest BCUT2D eigenvalue weighted by Gasteiger charge is -2.21. The molecule has 0 bridgehead atoms. The zero-order chi connectivity index (χ0) is 8.69. The summed E-state index contributed by atoms with van der Waals surface area (Å²) in [5.41, 5.74) is 0. The highest BCUT2D eigenvalue weighted by Crippen LogP contribution is 1.89. The Morgan fingerprint density at radius 1 is 1.45 bits per heavy atom. The third-order valence-corrected chi connectivity index (χ3v) is 1.78. The van der Waals surface area contributed by atoms with Gasteiger partial charge in [0.25, 0.3) is 0 Å². The molecule has 0 aliphatic rings. The minimum Gasteiger partial charge on any atom is -0.355 e. The summed E-state index contributed by atoms with van der Waals surface area (Å²) in [5.74, 6) is 0. The van der Waals surface area contributed by atoms with Crippen LogP contribution in [0.15, 0.2) is 0 Å². The fourth-order valence-corrected chi connectivity index (χ4v) is 1.04. The van der Waals surface area contributed by atoms with Crippen molar-refractivity contribution in [1.82, 2.24) is 10.2 Å². The molecule has 0 aromatic carbocycles. The van der Waals surface area contributed by atoms with E-state index in [1.165, 1.54) is 0 Å². The first-order valence-electron chi connectivity index (χ1n) is 4.16. The van der Waals surface area contributed by atoms with Gasteiger partial charge in [0.05, 0.1) is 0 Å². The molecular formula is C8H18N2O. The van der Waals surface area contributed by atoms with Gasteiger partial charge in [-0.05, 0) is 20.0 Å². The van der Waals surface area contributed by atoms with E-state index in [-0.39, 0.29) is 6.04 Å². The molecule has 66 valence electrons. The predicted molar refractivity (Wildman–Crippen MR) is 46.4 cm³/mol. The highest BCUT2D eigenvalue weighted by Gasteiger charge is 2.04. The molecule has 11 heavy (non-hydrogen) atoms. The minimum atomic E-state index is 0.257. The van der Waals surface area contributed by atoms with Crippen molar-refractivity contribution < 1.29 is 4.79 Å². The van der Waals surface area contributed by atoms with Crippen LogP contribution in [0.1, 0.15) is 20.8 Å². The van der Waals surface area contributed by atoms with Gasteiger partial charge in [0, 0.05) is 12.6 Å². The van der Waals surface area contributed by atoms with E-state index in [4.69, 9.17) is 0 Å². The Kier molecular flexibility index (Phi) is 5.84. The summed E-state index contributed by atoms with van der Waals surface area (Å²) in [6.07, 6.45) is 0.758. The predicted octanol–water partition coefficient (Wildman–Crippen LogP) is 0.463. The molecule has 3 heteroatoms. The Bertz CT molecular complexity index is 102. The Morgan fingerprint density at radius 3 is 2.36 bits per heavy atom. The first-order valence-corrected chi connectivity index (χ1v) is 4.16. The number of hydrogen-bond donors (Lipinski definition) is 1. The zero-order valence-electron chi connectivity index (χ0n) is 7.63. The molecule has 0 fully saturated rings. The average Bonchev–Trinajstić information content (AvgIpc) is 2.01. The van der Waals surface area contributed by atoms with Crippen LogP contribution in [0.2, 0.25) is 0 Å². The molecule has 1 atom stereocenters. The van der Waals surface area contributed by atoms with E-state index in [1.807, 2.05) is 6.92 Å². The lowest BCUT2D eigenvalue weighted by Crippen LogP contribution is -2.38. The van der Waals surface area contributed by atoms with Gasteiger partial charge >= 0.3 is 0 Å². The number of amides is 1. The summed E-state index contributed by atoms with van der Waals surface area (Å²) in [6, 6.07) is 0.257.